The predicted octanol–water partition coefficient (Wildman–Crippen LogP) is 0.710. The van der Waals surface area contributed by atoms with E-state index in [9.17, 15) is 0 Å². The molecule has 1 aliphatic rings. The molecule has 2 aromatic rings. The zero-order chi connectivity index (χ0) is 10.8. The number of aromatic amines is 2. The van der Waals surface area contributed by atoms with Crippen molar-refractivity contribution in [1.29, 1.82) is 0 Å². The van der Waals surface area contributed by atoms with E-state index in [1.54, 1.807) is 0 Å². The molecule has 0 aliphatic heterocycles. The molecule has 8 N–H and O–H groups in total. The van der Waals surface area contributed by atoms with Crippen LogP contribution in [0.1, 0.15) is 18.1 Å². The summed E-state index contributed by atoms with van der Waals surface area (Å²) in [6.07, 6.45) is 0. The maximum Gasteiger partial charge on any atom is 0.101 e. The molecule has 0 saturated carbocycles. The summed E-state index contributed by atoms with van der Waals surface area (Å²) >= 11 is 0. The number of hydrogen-bond donors (Lipinski definition) is 5. The Morgan fingerprint density at radius 1 is 1.00 bits per heavy atom. The second-order valence-corrected chi connectivity index (χ2v) is 4.23. The number of aromatic nitrogens is 2. The van der Waals surface area contributed by atoms with Crippen molar-refractivity contribution in [3.8, 4) is 11.4 Å². The van der Waals surface area contributed by atoms with Crippen LogP contribution in [-0.4, -0.2) is 9.97 Å². The van der Waals surface area contributed by atoms with Gasteiger partial charge in [0.05, 0.1) is 16.9 Å². The average molecular weight is 203 g/mol. The third-order valence-electron chi connectivity index (χ3n) is 3.05. The zero-order valence-electron chi connectivity index (χ0n) is 8.39. The number of anilines is 2. The van der Waals surface area contributed by atoms with E-state index in [-0.39, 0.29) is 0 Å². The lowest BCUT2D eigenvalue weighted by Gasteiger charge is -2.18. The first-order valence-electron chi connectivity index (χ1n) is 4.77. The van der Waals surface area contributed by atoms with Crippen LogP contribution in [0, 0.1) is 0 Å². The van der Waals surface area contributed by atoms with Gasteiger partial charge in [-0.3, -0.25) is 0 Å². The van der Waals surface area contributed by atoms with E-state index in [1.165, 1.54) is 0 Å². The molecule has 1 aliphatic carbocycles. The Balaban J connectivity index is 2.38. The maximum absolute atomic E-state index is 6.28. The number of rotatable bonds is 0. The summed E-state index contributed by atoms with van der Waals surface area (Å²) in [5, 5.41) is 0. The molecule has 0 fully saturated rings. The second kappa shape index (κ2) is 2.20. The molecule has 0 radical (unpaired) electrons. The molecule has 0 spiro atoms. The average Bonchev–Trinajstić information content (AvgIpc) is 2.72. The van der Waals surface area contributed by atoms with E-state index < -0.39 is 5.54 Å². The summed E-state index contributed by atoms with van der Waals surface area (Å²) in [6.45, 7) is 1.96. The van der Waals surface area contributed by atoms with Gasteiger partial charge in [0.2, 0.25) is 0 Å². The normalized spacial score (nSPS) is 16.4. The van der Waals surface area contributed by atoms with Crippen molar-refractivity contribution in [2.75, 3.05) is 11.5 Å². The molecule has 0 atom stereocenters. The molecule has 15 heavy (non-hydrogen) atoms. The summed E-state index contributed by atoms with van der Waals surface area (Å²) in [5.74, 6) is 1.24. The number of fused-ring (bicyclic) bond motifs is 3. The molecular formula is C10H13N5. The molecule has 5 heteroatoms. The molecule has 0 aromatic carbocycles. The van der Waals surface area contributed by atoms with Gasteiger partial charge >= 0.3 is 0 Å². The van der Waals surface area contributed by atoms with Gasteiger partial charge < -0.3 is 27.2 Å². The molecule has 2 heterocycles. The van der Waals surface area contributed by atoms with Crippen molar-refractivity contribution in [1.82, 2.24) is 9.97 Å². The Bertz CT molecular complexity index is 498. The fourth-order valence-electron chi connectivity index (χ4n) is 2.31. The van der Waals surface area contributed by atoms with Crippen molar-refractivity contribution < 1.29 is 0 Å². The van der Waals surface area contributed by atoms with Crippen LogP contribution in [0.2, 0.25) is 0 Å². The number of nitrogen functional groups attached to an aromatic ring is 2. The Morgan fingerprint density at radius 3 is 1.80 bits per heavy atom. The smallest absolute Gasteiger partial charge is 0.101 e. The van der Waals surface area contributed by atoms with Gasteiger partial charge in [-0.1, -0.05) is 0 Å². The van der Waals surface area contributed by atoms with Crippen molar-refractivity contribution in [2.45, 2.75) is 12.5 Å². The van der Waals surface area contributed by atoms with Crippen molar-refractivity contribution >= 4 is 11.6 Å². The SMILES string of the molecule is CC1(N)c2cc(N)[nH]c2-c2[nH]c(N)cc21. The Hall–Kier alpha value is -1.88. The Kier molecular flexibility index (Phi) is 1.23. The van der Waals surface area contributed by atoms with Crippen LogP contribution in [-0.2, 0) is 5.54 Å². The van der Waals surface area contributed by atoms with Crippen LogP contribution >= 0.6 is 0 Å². The molecule has 0 unspecified atom stereocenters. The fourth-order valence-corrected chi connectivity index (χ4v) is 2.31. The van der Waals surface area contributed by atoms with E-state index in [0.29, 0.717) is 11.6 Å². The highest BCUT2D eigenvalue weighted by molar-refractivity contribution is 5.79. The lowest BCUT2D eigenvalue weighted by Crippen LogP contribution is -2.31. The Labute approximate surface area is 86.7 Å². The topological polar surface area (TPSA) is 110 Å². The first-order valence-corrected chi connectivity index (χ1v) is 4.77. The summed E-state index contributed by atoms with van der Waals surface area (Å²) in [6, 6.07) is 3.75. The molecular weight excluding hydrogens is 190 g/mol. The van der Waals surface area contributed by atoms with Crippen molar-refractivity contribution in [2.24, 2.45) is 5.73 Å². The van der Waals surface area contributed by atoms with Gasteiger partial charge in [0.25, 0.3) is 0 Å². The highest BCUT2D eigenvalue weighted by Gasteiger charge is 2.39. The van der Waals surface area contributed by atoms with Crippen LogP contribution in [0.4, 0.5) is 11.6 Å². The van der Waals surface area contributed by atoms with Crippen molar-refractivity contribution in [3.05, 3.63) is 23.3 Å². The van der Waals surface area contributed by atoms with E-state index >= 15 is 0 Å². The molecule has 2 aromatic heterocycles. The van der Waals surface area contributed by atoms with E-state index in [4.69, 9.17) is 17.2 Å². The van der Waals surface area contributed by atoms with Crippen LogP contribution < -0.4 is 17.2 Å². The van der Waals surface area contributed by atoms with Crippen LogP contribution in [0.25, 0.3) is 11.4 Å². The minimum absolute atomic E-state index is 0.521. The third-order valence-corrected chi connectivity index (χ3v) is 3.05. The first kappa shape index (κ1) is 8.43. The quantitative estimate of drug-likeness (QED) is 0.435. The molecule has 3 rings (SSSR count). The summed E-state index contributed by atoms with van der Waals surface area (Å²) in [7, 11) is 0. The zero-order valence-corrected chi connectivity index (χ0v) is 8.39. The summed E-state index contributed by atoms with van der Waals surface area (Å²) in [4.78, 5) is 6.19. The highest BCUT2D eigenvalue weighted by atomic mass is 15.0. The Morgan fingerprint density at radius 2 is 1.40 bits per heavy atom. The van der Waals surface area contributed by atoms with Gasteiger partial charge in [-0.2, -0.15) is 0 Å². The molecule has 78 valence electrons. The lowest BCUT2D eigenvalue weighted by atomic mass is 9.93. The lowest BCUT2D eigenvalue weighted by molar-refractivity contribution is 0.623. The van der Waals surface area contributed by atoms with Crippen molar-refractivity contribution in [3.63, 3.8) is 0 Å². The number of hydrogen-bond acceptors (Lipinski definition) is 3. The van der Waals surface area contributed by atoms with E-state index in [1.807, 2.05) is 19.1 Å². The van der Waals surface area contributed by atoms with Crippen LogP contribution in [0.3, 0.4) is 0 Å². The number of nitrogens with two attached hydrogens (primary N) is 3. The monoisotopic (exact) mass is 203 g/mol. The number of H-pyrrole nitrogens is 2. The highest BCUT2D eigenvalue weighted by Crippen LogP contribution is 2.46. The summed E-state index contributed by atoms with van der Waals surface area (Å²) in [5.41, 5.74) is 21.1. The van der Waals surface area contributed by atoms with E-state index in [2.05, 4.69) is 9.97 Å². The van der Waals surface area contributed by atoms with Gasteiger partial charge in [-0.25, -0.2) is 0 Å². The van der Waals surface area contributed by atoms with Gasteiger partial charge in [0.15, 0.2) is 0 Å². The molecule has 0 bridgehead atoms. The molecule has 0 amide bonds. The van der Waals surface area contributed by atoms with Gasteiger partial charge in [0.1, 0.15) is 11.6 Å². The van der Waals surface area contributed by atoms with Gasteiger partial charge in [-0.05, 0) is 19.1 Å². The standard InChI is InChI=1S/C10H13N5/c1-10(13)4-2-6(11)14-8(4)9-5(10)3-7(12)15-9/h2-3,14-15H,11-13H2,1H3. The largest absolute Gasteiger partial charge is 0.385 e. The third kappa shape index (κ3) is 0.854. The van der Waals surface area contributed by atoms with Crippen LogP contribution in [0.15, 0.2) is 12.1 Å². The summed E-state index contributed by atoms with van der Waals surface area (Å²) < 4.78 is 0. The predicted molar refractivity (Wildman–Crippen MR) is 60.0 cm³/mol. The minimum Gasteiger partial charge on any atom is -0.385 e. The van der Waals surface area contributed by atoms with E-state index in [0.717, 1.165) is 22.5 Å². The van der Waals surface area contributed by atoms with Crippen LogP contribution in [0.5, 0.6) is 0 Å². The minimum atomic E-state index is -0.521. The first-order chi connectivity index (χ1) is 7.00. The fraction of sp³-hybridized carbons (Fsp3) is 0.200. The van der Waals surface area contributed by atoms with Gasteiger partial charge in [0, 0.05) is 11.1 Å². The molecule has 5 nitrogen and oxygen atoms in total. The number of nitrogens with one attached hydrogen (secondary N) is 2. The second-order valence-electron chi connectivity index (χ2n) is 4.23. The molecule has 0 saturated heterocycles. The van der Waals surface area contributed by atoms with Gasteiger partial charge in [-0.15, -0.1) is 0 Å². The maximum atomic E-state index is 6.28.